The largest absolute Gasteiger partial charge is 0.381 e. The molecule has 2 fully saturated rings. The highest BCUT2D eigenvalue weighted by Crippen LogP contribution is 2.18. The molecule has 2 atom stereocenters. The van der Waals surface area contributed by atoms with E-state index in [0.717, 1.165) is 25.7 Å². The zero-order chi connectivity index (χ0) is 10.7. The normalized spacial score (nSPS) is 35.6. The molecule has 2 aliphatic heterocycles. The summed E-state index contributed by atoms with van der Waals surface area (Å²) in [5.41, 5.74) is 0. The van der Waals surface area contributed by atoms with E-state index in [2.05, 4.69) is 24.1 Å². The van der Waals surface area contributed by atoms with Crippen molar-refractivity contribution in [3.63, 3.8) is 0 Å². The van der Waals surface area contributed by atoms with E-state index < -0.39 is 0 Å². The van der Waals surface area contributed by atoms with E-state index in [-0.39, 0.29) is 0 Å². The quantitative estimate of drug-likeness (QED) is 0.742. The number of nitrogens with one attached hydrogen (secondary N) is 1. The molecule has 0 radical (unpaired) electrons. The van der Waals surface area contributed by atoms with Crippen molar-refractivity contribution >= 4 is 0 Å². The Morgan fingerprint density at radius 3 is 2.73 bits per heavy atom. The summed E-state index contributed by atoms with van der Waals surface area (Å²) < 4.78 is 5.41. The number of hydrogen-bond acceptors (Lipinski definition) is 3. The predicted molar refractivity (Wildman–Crippen MR) is 62.0 cm³/mol. The van der Waals surface area contributed by atoms with Crippen LogP contribution in [0.25, 0.3) is 0 Å². The Morgan fingerprint density at radius 1 is 1.27 bits per heavy atom. The lowest BCUT2D eigenvalue weighted by Crippen LogP contribution is -2.55. The van der Waals surface area contributed by atoms with Crippen molar-refractivity contribution in [1.82, 2.24) is 10.2 Å². The second-order valence-electron chi connectivity index (χ2n) is 5.17. The van der Waals surface area contributed by atoms with E-state index in [0.29, 0.717) is 12.1 Å². The summed E-state index contributed by atoms with van der Waals surface area (Å²) in [6.07, 6.45) is 2.51. The number of nitrogens with zero attached hydrogens (tertiary/aromatic N) is 1. The molecule has 3 nitrogen and oxygen atoms in total. The first-order chi connectivity index (χ1) is 7.25. The van der Waals surface area contributed by atoms with Crippen LogP contribution < -0.4 is 5.32 Å². The summed E-state index contributed by atoms with van der Waals surface area (Å²) in [5.74, 6) is 0.867. The lowest BCUT2D eigenvalue weighted by atomic mass is 9.98. The third-order valence-electron chi connectivity index (χ3n) is 3.73. The van der Waals surface area contributed by atoms with Gasteiger partial charge in [-0.05, 0) is 32.6 Å². The Balaban J connectivity index is 1.80. The van der Waals surface area contributed by atoms with E-state index in [1.54, 1.807) is 0 Å². The van der Waals surface area contributed by atoms with Gasteiger partial charge >= 0.3 is 0 Å². The minimum atomic E-state index is 0.654. The molecule has 3 heteroatoms. The second-order valence-corrected chi connectivity index (χ2v) is 5.17. The molecule has 0 unspecified atom stereocenters. The fourth-order valence-corrected chi connectivity index (χ4v) is 2.61. The van der Waals surface area contributed by atoms with Crippen LogP contribution in [0.3, 0.4) is 0 Å². The van der Waals surface area contributed by atoms with Crippen LogP contribution in [0.5, 0.6) is 0 Å². The maximum absolute atomic E-state index is 5.41. The first-order valence-electron chi connectivity index (χ1n) is 6.31. The number of piperazine rings is 1. The number of ether oxygens (including phenoxy) is 1. The van der Waals surface area contributed by atoms with E-state index in [1.807, 2.05) is 0 Å². The van der Waals surface area contributed by atoms with Crippen molar-refractivity contribution in [2.24, 2.45) is 5.92 Å². The van der Waals surface area contributed by atoms with Gasteiger partial charge < -0.3 is 10.1 Å². The molecule has 0 aromatic heterocycles. The Kier molecular flexibility index (Phi) is 4.00. The lowest BCUT2D eigenvalue weighted by molar-refractivity contribution is 0.0390. The molecule has 0 aromatic rings. The smallest absolute Gasteiger partial charge is 0.0469 e. The van der Waals surface area contributed by atoms with Gasteiger partial charge in [0, 0.05) is 44.9 Å². The Bertz CT molecular complexity index is 192. The van der Waals surface area contributed by atoms with Gasteiger partial charge in [-0.25, -0.2) is 0 Å². The summed E-state index contributed by atoms with van der Waals surface area (Å²) in [4.78, 5) is 2.65. The average Bonchev–Trinajstić information content (AvgIpc) is 2.25. The van der Waals surface area contributed by atoms with Crippen molar-refractivity contribution in [3.05, 3.63) is 0 Å². The molecule has 0 aliphatic carbocycles. The third kappa shape index (κ3) is 3.16. The van der Waals surface area contributed by atoms with E-state index in [4.69, 9.17) is 4.74 Å². The van der Waals surface area contributed by atoms with Crippen LogP contribution in [-0.4, -0.2) is 49.8 Å². The molecule has 2 saturated heterocycles. The molecule has 2 heterocycles. The fourth-order valence-electron chi connectivity index (χ4n) is 2.61. The second kappa shape index (κ2) is 5.28. The van der Waals surface area contributed by atoms with Gasteiger partial charge in [0.15, 0.2) is 0 Å². The Hall–Kier alpha value is -0.120. The summed E-state index contributed by atoms with van der Waals surface area (Å²) in [6, 6.07) is 1.35. The minimum absolute atomic E-state index is 0.654. The predicted octanol–water partition coefficient (Wildman–Crippen LogP) is 1.10. The molecular weight excluding hydrogens is 188 g/mol. The van der Waals surface area contributed by atoms with Gasteiger partial charge in [0.25, 0.3) is 0 Å². The van der Waals surface area contributed by atoms with Crippen molar-refractivity contribution in [2.45, 2.75) is 38.8 Å². The molecule has 0 saturated carbocycles. The molecule has 0 amide bonds. The van der Waals surface area contributed by atoms with Crippen molar-refractivity contribution in [2.75, 3.05) is 32.8 Å². The lowest BCUT2D eigenvalue weighted by Gasteiger charge is -2.40. The third-order valence-corrected chi connectivity index (χ3v) is 3.73. The molecule has 0 bridgehead atoms. The van der Waals surface area contributed by atoms with Gasteiger partial charge in [-0.1, -0.05) is 0 Å². The molecule has 88 valence electrons. The summed E-state index contributed by atoms with van der Waals surface area (Å²) in [5, 5.41) is 3.53. The van der Waals surface area contributed by atoms with Crippen LogP contribution in [0.1, 0.15) is 26.7 Å². The molecule has 2 aliphatic rings. The van der Waals surface area contributed by atoms with Crippen LogP contribution >= 0.6 is 0 Å². The van der Waals surface area contributed by atoms with Crippen molar-refractivity contribution < 1.29 is 4.74 Å². The van der Waals surface area contributed by atoms with Crippen LogP contribution in [0.15, 0.2) is 0 Å². The zero-order valence-electron chi connectivity index (χ0n) is 10.0. The highest BCUT2D eigenvalue weighted by atomic mass is 16.5. The number of rotatable bonds is 2. The summed E-state index contributed by atoms with van der Waals surface area (Å²) in [7, 11) is 0. The maximum Gasteiger partial charge on any atom is 0.0469 e. The van der Waals surface area contributed by atoms with Gasteiger partial charge in [0.2, 0.25) is 0 Å². The highest BCUT2D eigenvalue weighted by molar-refractivity contribution is 4.83. The number of hydrogen-bond donors (Lipinski definition) is 1. The SMILES string of the molecule is C[C@H]1CN(CC2CCOCC2)[C@@H](C)CN1. The van der Waals surface area contributed by atoms with Gasteiger partial charge in [0.05, 0.1) is 0 Å². The molecule has 0 spiro atoms. The molecule has 0 aromatic carbocycles. The van der Waals surface area contributed by atoms with Crippen LogP contribution in [0.2, 0.25) is 0 Å². The molecule has 2 rings (SSSR count). The summed E-state index contributed by atoms with van der Waals surface area (Å²) >= 11 is 0. The van der Waals surface area contributed by atoms with E-state index in [9.17, 15) is 0 Å². The van der Waals surface area contributed by atoms with Gasteiger partial charge in [-0.15, -0.1) is 0 Å². The molecule has 15 heavy (non-hydrogen) atoms. The standard InChI is InChI=1S/C12H24N2O/c1-10-8-14(11(2)7-13-10)9-12-3-5-15-6-4-12/h10-13H,3-9H2,1-2H3/t10-,11-/m0/s1. The van der Waals surface area contributed by atoms with E-state index >= 15 is 0 Å². The fraction of sp³-hybridized carbons (Fsp3) is 1.00. The monoisotopic (exact) mass is 212 g/mol. The van der Waals surface area contributed by atoms with Gasteiger partial charge in [-0.2, -0.15) is 0 Å². The van der Waals surface area contributed by atoms with Crippen molar-refractivity contribution in [3.8, 4) is 0 Å². The summed E-state index contributed by atoms with van der Waals surface area (Å²) in [6.45, 7) is 10.2. The van der Waals surface area contributed by atoms with Crippen molar-refractivity contribution in [1.29, 1.82) is 0 Å². The Labute approximate surface area is 93.2 Å². The maximum atomic E-state index is 5.41. The Morgan fingerprint density at radius 2 is 2.00 bits per heavy atom. The van der Waals surface area contributed by atoms with Gasteiger partial charge in [0.1, 0.15) is 0 Å². The molecular formula is C12H24N2O. The van der Waals surface area contributed by atoms with Crippen LogP contribution in [0, 0.1) is 5.92 Å². The first-order valence-corrected chi connectivity index (χ1v) is 6.31. The van der Waals surface area contributed by atoms with E-state index in [1.165, 1.54) is 25.9 Å². The van der Waals surface area contributed by atoms with Crippen LogP contribution in [0.4, 0.5) is 0 Å². The highest BCUT2D eigenvalue weighted by Gasteiger charge is 2.25. The minimum Gasteiger partial charge on any atom is -0.381 e. The van der Waals surface area contributed by atoms with Crippen LogP contribution in [-0.2, 0) is 4.74 Å². The topological polar surface area (TPSA) is 24.5 Å². The molecule has 1 N–H and O–H groups in total. The zero-order valence-corrected chi connectivity index (χ0v) is 10.0. The van der Waals surface area contributed by atoms with Gasteiger partial charge in [-0.3, -0.25) is 4.90 Å². The average molecular weight is 212 g/mol. The first kappa shape index (κ1) is 11.4.